The lowest BCUT2D eigenvalue weighted by molar-refractivity contribution is -0.148. The van der Waals surface area contributed by atoms with Gasteiger partial charge in [0.2, 0.25) is 0 Å². The van der Waals surface area contributed by atoms with Gasteiger partial charge in [-0.05, 0) is 38.3 Å². The molecule has 1 aromatic heterocycles. The number of aliphatic carboxylic acids is 1. The van der Waals surface area contributed by atoms with Gasteiger partial charge < -0.3 is 10.4 Å². The summed E-state index contributed by atoms with van der Waals surface area (Å²) in [6, 6.07) is 3.37. The number of carbonyl (C=O) groups is 2. The normalized spacial score (nSPS) is 17.0. The molecule has 0 saturated heterocycles. The summed E-state index contributed by atoms with van der Waals surface area (Å²) in [5, 5.41) is 11.7. The zero-order valence-corrected chi connectivity index (χ0v) is 9.56. The minimum absolute atomic E-state index is 0.375. The molecule has 5 nitrogen and oxygen atoms in total. The third-order valence-electron chi connectivity index (χ3n) is 3.14. The van der Waals surface area contributed by atoms with Crippen LogP contribution < -0.4 is 5.32 Å². The van der Waals surface area contributed by atoms with Crippen molar-refractivity contribution < 1.29 is 14.7 Å². The van der Waals surface area contributed by atoms with Crippen molar-refractivity contribution in [2.45, 2.75) is 31.7 Å². The maximum absolute atomic E-state index is 11.9. The monoisotopic (exact) mass is 234 g/mol. The molecule has 0 bridgehead atoms. The fourth-order valence-corrected chi connectivity index (χ4v) is 1.81. The van der Waals surface area contributed by atoms with Gasteiger partial charge in [0.15, 0.2) is 0 Å². The Balaban J connectivity index is 2.11. The van der Waals surface area contributed by atoms with Crippen LogP contribution in [0.2, 0.25) is 0 Å². The largest absolute Gasteiger partial charge is 0.480 e. The van der Waals surface area contributed by atoms with Crippen LogP contribution in [0.25, 0.3) is 0 Å². The fraction of sp³-hybridized carbons (Fsp3) is 0.417. The summed E-state index contributed by atoms with van der Waals surface area (Å²) >= 11 is 0. The van der Waals surface area contributed by atoms with Crippen LogP contribution in [0.15, 0.2) is 18.3 Å². The van der Waals surface area contributed by atoms with E-state index in [-0.39, 0.29) is 5.91 Å². The highest BCUT2D eigenvalue weighted by atomic mass is 16.4. The number of pyridine rings is 1. The topological polar surface area (TPSA) is 79.3 Å². The van der Waals surface area contributed by atoms with Crippen molar-refractivity contribution in [3.05, 3.63) is 29.6 Å². The Kier molecular flexibility index (Phi) is 2.83. The molecule has 1 saturated carbocycles. The van der Waals surface area contributed by atoms with Crippen molar-refractivity contribution in [2.75, 3.05) is 0 Å². The summed E-state index contributed by atoms with van der Waals surface area (Å²) in [6.07, 6.45) is 3.28. The predicted molar refractivity (Wildman–Crippen MR) is 60.7 cm³/mol. The molecule has 1 aromatic rings. The SMILES string of the molecule is Cc1ccc(C(=O)NC2(C(=O)O)CCC2)cn1. The maximum Gasteiger partial charge on any atom is 0.329 e. The Hall–Kier alpha value is -1.91. The molecule has 0 radical (unpaired) electrons. The summed E-state index contributed by atoms with van der Waals surface area (Å²) in [5.74, 6) is -1.34. The Bertz CT molecular complexity index is 449. The molecule has 2 N–H and O–H groups in total. The number of carboxylic acids is 1. The van der Waals surface area contributed by atoms with E-state index in [1.165, 1.54) is 6.20 Å². The van der Waals surface area contributed by atoms with Crippen LogP contribution in [-0.4, -0.2) is 27.5 Å². The number of hydrogen-bond donors (Lipinski definition) is 2. The lowest BCUT2D eigenvalue weighted by atomic mass is 9.76. The van der Waals surface area contributed by atoms with Gasteiger partial charge in [0, 0.05) is 11.9 Å². The first kappa shape index (κ1) is 11.6. The number of hydrogen-bond acceptors (Lipinski definition) is 3. The Labute approximate surface area is 98.9 Å². The Morgan fingerprint density at radius 3 is 2.53 bits per heavy atom. The number of carbonyl (C=O) groups excluding carboxylic acids is 1. The summed E-state index contributed by atoms with van der Waals surface area (Å²) in [7, 11) is 0. The summed E-state index contributed by atoms with van der Waals surface area (Å²) in [5.41, 5.74) is 0.142. The molecule has 0 aromatic carbocycles. The van der Waals surface area contributed by atoms with Gasteiger partial charge in [0.25, 0.3) is 5.91 Å². The predicted octanol–water partition coefficient (Wildman–Crippen LogP) is 1.13. The van der Waals surface area contributed by atoms with E-state index in [1.807, 2.05) is 6.92 Å². The van der Waals surface area contributed by atoms with Crippen molar-refractivity contribution in [3.8, 4) is 0 Å². The van der Waals surface area contributed by atoms with Gasteiger partial charge in [-0.15, -0.1) is 0 Å². The van der Waals surface area contributed by atoms with Crippen LogP contribution in [-0.2, 0) is 4.79 Å². The summed E-state index contributed by atoms with van der Waals surface area (Å²) < 4.78 is 0. The van der Waals surface area contributed by atoms with E-state index in [0.717, 1.165) is 12.1 Å². The number of rotatable bonds is 3. The number of aromatic nitrogens is 1. The van der Waals surface area contributed by atoms with Crippen molar-refractivity contribution in [1.82, 2.24) is 10.3 Å². The molecule has 5 heteroatoms. The smallest absolute Gasteiger partial charge is 0.329 e. The van der Waals surface area contributed by atoms with Gasteiger partial charge in [-0.2, -0.15) is 0 Å². The Morgan fingerprint density at radius 2 is 2.12 bits per heavy atom. The zero-order valence-electron chi connectivity index (χ0n) is 9.56. The molecule has 1 aliphatic carbocycles. The molecule has 90 valence electrons. The molecule has 1 fully saturated rings. The molecule has 2 rings (SSSR count). The summed E-state index contributed by atoms with van der Waals surface area (Å²) in [4.78, 5) is 27.0. The van der Waals surface area contributed by atoms with Gasteiger partial charge in [-0.1, -0.05) is 0 Å². The third kappa shape index (κ3) is 2.13. The number of carboxylic acid groups (broad SMARTS) is 1. The van der Waals surface area contributed by atoms with E-state index in [1.54, 1.807) is 12.1 Å². The number of amides is 1. The van der Waals surface area contributed by atoms with E-state index in [0.29, 0.717) is 18.4 Å². The van der Waals surface area contributed by atoms with E-state index in [4.69, 9.17) is 5.11 Å². The molecule has 1 amide bonds. The standard InChI is InChI=1S/C12H14N2O3/c1-8-3-4-9(7-13-8)10(15)14-12(11(16)17)5-2-6-12/h3-4,7H,2,5-6H2,1H3,(H,14,15)(H,16,17). The first-order chi connectivity index (χ1) is 8.03. The van der Waals surface area contributed by atoms with Crippen LogP contribution in [0.5, 0.6) is 0 Å². The number of nitrogens with one attached hydrogen (secondary N) is 1. The highest BCUT2D eigenvalue weighted by Gasteiger charge is 2.45. The Morgan fingerprint density at radius 1 is 1.41 bits per heavy atom. The van der Waals surface area contributed by atoms with Gasteiger partial charge >= 0.3 is 5.97 Å². The van der Waals surface area contributed by atoms with Gasteiger partial charge in [0.05, 0.1) is 5.56 Å². The van der Waals surface area contributed by atoms with Gasteiger partial charge in [-0.25, -0.2) is 4.79 Å². The average Bonchev–Trinajstić information content (AvgIpc) is 2.23. The first-order valence-electron chi connectivity index (χ1n) is 5.52. The van der Waals surface area contributed by atoms with Crippen molar-refractivity contribution in [1.29, 1.82) is 0 Å². The van der Waals surface area contributed by atoms with Crippen LogP contribution in [0.1, 0.15) is 35.3 Å². The highest BCUT2D eigenvalue weighted by molar-refractivity contribution is 5.97. The second-order valence-corrected chi connectivity index (χ2v) is 4.38. The van der Waals surface area contributed by atoms with E-state index in [9.17, 15) is 9.59 Å². The molecule has 1 heterocycles. The third-order valence-corrected chi connectivity index (χ3v) is 3.14. The van der Waals surface area contributed by atoms with Crippen molar-refractivity contribution in [3.63, 3.8) is 0 Å². The van der Waals surface area contributed by atoms with Crippen molar-refractivity contribution in [2.24, 2.45) is 0 Å². The van der Waals surface area contributed by atoms with Gasteiger partial charge in [0.1, 0.15) is 5.54 Å². The molecule has 17 heavy (non-hydrogen) atoms. The lowest BCUT2D eigenvalue weighted by Crippen LogP contribution is -2.59. The maximum atomic E-state index is 11.9. The highest BCUT2D eigenvalue weighted by Crippen LogP contribution is 2.32. The second-order valence-electron chi connectivity index (χ2n) is 4.38. The van der Waals surface area contributed by atoms with Crippen LogP contribution >= 0.6 is 0 Å². The van der Waals surface area contributed by atoms with E-state index in [2.05, 4.69) is 10.3 Å². The van der Waals surface area contributed by atoms with Crippen LogP contribution in [0.3, 0.4) is 0 Å². The molecule has 0 atom stereocenters. The summed E-state index contributed by atoms with van der Waals surface area (Å²) in [6.45, 7) is 1.83. The van der Waals surface area contributed by atoms with Crippen molar-refractivity contribution >= 4 is 11.9 Å². The minimum Gasteiger partial charge on any atom is -0.480 e. The quantitative estimate of drug-likeness (QED) is 0.821. The molecular weight excluding hydrogens is 220 g/mol. The number of nitrogens with zero attached hydrogens (tertiary/aromatic N) is 1. The van der Waals surface area contributed by atoms with Gasteiger partial charge in [-0.3, -0.25) is 9.78 Å². The number of aryl methyl sites for hydroxylation is 1. The minimum atomic E-state index is -1.07. The molecule has 0 unspecified atom stereocenters. The van der Waals surface area contributed by atoms with E-state index < -0.39 is 11.5 Å². The van der Waals surface area contributed by atoms with Crippen LogP contribution in [0.4, 0.5) is 0 Å². The fourth-order valence-electron chi connectivity index (χ4n) is 1.81. The molecule has 0 aliphatic heterocycles. The average molecular weight is 234 g/mol. The lowest BCUT2D eigenvalue weighted by Gasteiger charge is -2.38. The van der Waals surface area contributed by atoms with E-state index >= 15 is 0 Å². The molecule has 1 aliphatic rings. The second kappa shape index (κ2) is 4.16. The molecule has 0 spiro atoms. The molecular formula is C12H14N2O3. The zero-order chi connectivity index (χ0) is 12.5. The first-order valence-corrected chi connectivity index (χ1v) is 5.52. The van der Waals surface area contributed by atoms with Crippen LogP contribution in [0, 0.1) is 6.92 Å².